The number of hydrogen-bond donors (Lipinski definition) is 0. The Kier molecular flexibility index (Phi) is 4.24. The summed E-state index contributed by atoms with van der Waals surface area (Å²) in [4.78, 5) is 9.13. The summed E-state index contributed by atoms with van der Waals surface area (Å²) in [5, 5.41) is 0.594. The molecule has 2 aliphatic rings. The van der Waals surface area contributed by atoms with E-state index in [4.69, 9.17) is 11.6 Å². The van der Waals surface area contributed by atoms with Crippen molar-refractivity contribution >= 4 is 17.3 Å². The second-order valence-corrected chi connectivity index (χ2v) is 6.16. The third kappa shape index (κ3) is 3.40. The summed E-state index contributed by atoms with van der Waals surface area (Å²) in [7, 11) is 0. The van der Waals surface area contributed by atoms with Crippen LogP contribution in [0.5, 0.6) is 0 Å². The van der Waals surface area contributed by atoms with E-state index < -0.39 is 0 Å². The molecule has 104 valence electrons. The van der Waals surface area contributed by atoms with E-state index in [2.05, 4.69) is 20.9 Å². The van der Waals surface area contributed by atoms with Gasteiger partial charge in [-0.25, -0.2) is 4.98 Å². The molecule has 1 aromatic heterocycles. The van der Waals surface area contributed by atoms with E-state index in [0.717, 1.165) is 19.0 Å². The zero-order valence-corrected chi connectivity index (χ0v) is 12.1. The van der Waals surface area contributed by atoms with Gasteiger partial charge in [0.15, 0.2) is 0 Å². The summed E-state index contributed by atoms with van der Waals surface area (Å²) < 4.78 is 0. The van der Waals surface area contributed by atoms with Crippen LogP contribution in [0.25, 0.3) is 0 Å². The smallest absolute Gasteiger partial charge is 0.131 e. The van der Waals surface area contributed by atoms with E-state index in [9.17, 15) is 0 Å². The molecule has 0 saturated carbocycles. The molecule has 3 heterocycles. The highest BCUT2D eigenvalue weighted by molar-refractivity contribution is 6.29. The molecule has 0 atom stereocenters. The van der Waals surface area contributed by atoms with Gasteiger partial charge < -0.3 is 9.80 Å². The fourth-order valence-electron chi connectivity index (χ4n) is 3.29. The Morgan fingerprint density at radius 1 is 1.16 bits per heavy atom. The van der Waals surface area contributed by atoms with Crippen molar-refractivity contribution in [1.29, 1.82) is 0 Å². The predicted octanol–water partition coefficient (Wildman–Crippen LogP) is 3.05. The number of pyridine rings is 1. The van der Waals surface area contributed by atoms with Crippen molar-refractivity contribution in [2.45, 2.75) is 25.7 Å². The molecule has 2 fully saturated rings. The minimum atomic E-state index is 0.594. The van der Waals surface area contributed by atoms with Gasteiger partial charge in [-0.15, -0.1) is 0 Å². The number of anilines is 1. The number of hydrogen-bond acceptors (Lipinski definition) is 3. The zero-order valence-electron chi connectivity index (χ0n) is 11.4. The molecule has 3 rings (SSSR count). The SMILES string of the molecule is Clc1cc(N2CCC(CN3CCCC3)CC2)ccn1. The van der Waals surface area contributed by atoms with Gasteiger partial charge in [0.2, 0.25) is 0 Å². The summed E-state index contributed by atoms with van der Waals surface area (Å²) >= 11 is 5.96. The number of nitrogens with zero attached hydrogens (tertiary/aromatic N) is 3. The van der Waals surface area contributed by atoms with Crippen molar-refractivity contribution < 1.29 is 0 Å². The van der Waals surface area contributed by atoms with E-state index in [1.807, 2.05) is 6.07 Å². The molecular formula is C15H22ClN3. The van der Waals surface area contributed by atoms with E-state index >= 15 is 0 Å². The normalized spacial score (nSPS) is 22.1. The third-order valence-corrected chi connectivity index (χ3v) is 4.61. The lowest BCUT2D eigenvalue weighted by atomic mass is 9.96. The van der Waals surface area contributed by atoms with Crippen molar-refractivity contribution in [3.63, 3.8) is 0 Å². The first kappa shape index (κ1) is 13.2. The Bertz CT molecular complexity index is 410. The predicted molar refractivity (Wildman–Crippen MR) is 79.9 cm³/mol. The second kappa shape index (κ2) is 6.10. The molecule has 0 spiro atoms. The largest absolute Gasteiger partial charge is 0.371 e. The van der Waals surface area contributed by atoms with E-state index in [1.165, 1.54) is 51.0 Å². The van der Waals surface area contributed by atoms with Crippen molar-refractivity contribution in [3.8, 4) is 0 Å². The molecule has 2 saturated heterocycles. The first-order valence-corrected chi connectivity index (χ1v) is 7.78. The molecule has 0 aromatic carbocycles. The lowest BCUT2D eigenvalue weighted by Gasteiger charge is -2.35. The number of halogens is 1. The number of likely N-dealkylation sites (tertiary alicyclic amines) is 1. The lowest BCUT2D eigenvalue weighted by molar-refractivity contribution is 0.249. The topological polar surface area (TPSA) is 19.4 Å². The minimum Gasteiger partial charge on any atom is -0.371 e. The van der Waals surface area contributed by atoms with Crippen LogP contribution in [0.15, 0.2) is 18.3 Å². The number of piperidine rings is 1. The van der Waals surface area contributed by atoms with Gasteiger partial charge in [0.05, 0.1) is 0 Å². The van der Waals surface area contributed by atoms with E-state index in [0.29, 0.717) is 5.15 Å². The Labute approximate surface area is 120 Å². The van der Waals surface area contributed by atoms with Gasteiger partial charge in [0.1, 0.15) is 5.15 Å². The number of aromatic nitrogens is 1. The van der Waals surface area contributed by atoms with Crippen molar-refractivity contribution in [3.05, 3.63) is 23.5 Å². The minimum absolute atomic E-state index is 0.594. The van der Waals surface area contributed by atoms with Crippen molar-refractivity contribution in [2.75, 3.05) is 37.6 Å². The van der Waals surface area contributed by atoms with Crippen LogP contribution in [-0.2, 0) is 0 Å². The van der Waals surface area contributed by atoms with Crippen molar-refractivity contribution in [2.24, 2.45) is 5.92 Å². The quantitative estimate of drug-likeness (QED) is 0.793. The summed E-state index contributed by atoms with van der Waals surface area (Å²) in [5.41, 5.74) is 1.22. The van der Waals surface area contributed by atoms with Crippen molar-refractivity contribution in [1.82, 2.24) is 9.88 Å². The average Bonchev–Trinajstić information content (AvgIpc) is 2.92. The van der Waals surface area contributed by atoms with Gasteiger partial charge in [-0.3, -0.25) is 0 Å². The second-order valence-electron chi connectivity index (χ2n) is 5.77. The lowest BCUT2D eigenvalue weighted by Crippen LogP contribution is -2.38. The summed E-state index contributed by atoms with van der Waals surface area (Å²) in [6.45, 7) is 6.25. The highest BCUT2D eigenvalue weighted by Gasteiger charge is 2.23. The van der Waals surface area contributed by atoms with Crippen LogP contribution in [-0.4, -0.2) is 42.6 Å². The van der Waals surface area contributed by atoms with Crippen LogP contribution >= 0.6 is 11.6 Å². The maximum absolute atomic E-state index is 5.96. The highest BCUT2D eigenvalue weighted by atomic mass is 35.5. The maximum Gasteiger partial charge on any atom is 0.131 e. The van der Waals surface area contributed by atoms with Gasteiger partial charge in [0.25, 0.3) is 0 Å². The van der Waals surface area contributed by atoms with Crippen LogP contribution in [0.4, 0.5) is 5.69 Å². The highest BCUT2D eigenvalue weighted by Crippen LogP contribution is 2.25. The summed E-state index contributed by atoms with van der Waals surface area (Å²) in [6.07, 6.45) is 7.20. The van der Waals surface area contributed by atoms with Crippen LogP contribution in [0, 0.1) is 5.92 Å². The fourth-order valence-corrected chi connectivity index (χ4v) is 3.46. The summed E-state index contributed by atoms with van der Waals surface area (Å²) in [6, 6.07) is 4.04. The van der Waals surface area contributed by atoms with E-state index in [-0.39, 0.29) is 0 Å². The standard InChI is InChI=1S/C15H22ClN3/c16-15-11-14(3-6-17-15)19-9-4-13(5-10-19)12-18-7-1-2-8-18/h3,6,11,13H,1-2,4-5,7-10,12H2. The zero-order chi connectivity index (χ0) is 13.1. The molecule has 0 aliphatic carbocycles. The number of rotatable bonds is 3. The van der Waals surface area contributed by atoms with Gasteiger partial charge in [0, 0.05) is 31.5 Å². The van der Waals surface area contributed by atoms with Gasteiger partial charge in [-0.2, -0.15) is 0 Å². The Morgan fingerprint density at radius 2 is 1.89 bits per heavy atom. The maximum atomic E-state index is 5.96. The van der Waals surface area contributed by atoms with E-state index in [1.54, 1.807) is 6.20 Å². The monoisotopic (exact) mass is 279 g/mol. The Morgan fingerprint density at radius 3 is 2.58 bits per heavy atom. The molecule has 19 heavy (non-hydrogen) atoms. The molecule has 0 N–H and O–H groups in total. The molecule has 0 unspecified atom stereocenters. The molecular weight excluding hydrogens is 258 g/mol. The molecule has 3 nitrogen and oxygen atoms in total. The third-order valence-electron chi connectivity index (χ3n) is 4.40. The molecule has 0 radical (unpaired) electrons. The first-order valence-electron chi connectivity index (χ1n) is 7.40. The van der Waals surface area contributed by atoms with Crippen LogP contribution < -0.4 is 4.90 Å². The Balaban J connectivity index is 1.51. The van der Waals surface area contributed by atoms with Gasteiger partial charge in [-0.05, 0) is 56.8 Å². The Hall–Kier alpha value is -0.800. The molecule has 4 heteroatoms. The van der Waals surface area contributed by atoms with Crippen LogP contribution in [0.3, 0.4) is 0 Å². The molecule has 0 bridgehead atoms. The van der Waals surface area contributed by atoms with Gasteiger partial charge >= 0.3 is 0 Å². The van der Waals surface area contributed by atoms with Crippen LogP contribution in [0.2, 0.25) is 5.15 Å². The molecule has 0 amide bonds. The molecule has 2 aliphatic heterocycles. The van der Waals surface area contributed by atoms with Crippen LogP contribution in [0.1, 0.15) is 25.7 Å². The molecule has 1 aromatic rings. The summed E-state index contributed by atoms with van der Waals surface area (Å²) in [5.74, 6) is 0.881. The average molecular weight is 280 g/mol. The van der Waals surface area contributed by atoms with Gasteiger partial charge in [-0.1, -0.05) is 11.6 Å². The fraction of sp³-hybridized carbons (Fsp3) is 0.667. The first-order chi connectivity index (χ1) is 9.31.